The van der Waals surface area contributed by atoms with E-state index >= 15 is 0 Å². The monoisotopic (exact) mass is 324 g/mol. The summed E-state index contributed by atoms with van der Waals surface area (Å²) in [5.41, 5.74) is 3.01. The topological polar surface area (TPSA) is 66.4 Å². The summed E-state index contributed by atoms with van der Waals surface area (Å²) in [4.78, 5) is 36.6. The highest BCUT2D eigenvalue weighted by molar-refractivity contribution is 5.96. The van der Waals surface area contributed by atoms with Gasteiger partial charge in [-0.25, -0.2) is 9.97 Å². The Morgan fingerprint density at radius 3 is 2.08 bits per heavy atom. The molecule has 124 valence electrons. The maximum atomic E-state index is 12.5. The first-order valence-corrected chi connectivity index (χ1v) is 7.98. The number of carbonyl (C=O) groups is 2. The molecule has 0 aliphatic carbocycles. The molecule has 1 aliphatic heterocycles. The van der Waals surface area contributed by atoms with Crippen molar-refractivity contribution in [3.63, 3.8) is 0 Å². The number of benzene rings is 1. The van der Waals surface area contributed by atoms with Crippen molar-refractivity contribution in [3.8, 4) is 0 Å². The van der Waals surface area contributed by atoms with Crippen LogP contribution in [0.2, 0.25) is 0 Å². The van der Waals surface area contributed by atoms with Gasteiger partial charge in [0.1, 0.15) is 6.33 Å². The Balaban J connectivity index is 1.63. The van der Waals surface area contributed by atoms with Gasteiger partial charge in [0, 0.05) is 37.9 Å². The van der Waals surface area contributed by atoms with Crippen LogP contribution in [0.3, 0.4) is 0 Å². The molecule has 1 aromatic heterocycles. The van der Waals surface area contributed by atoms with E-state index in [2.05, 4.69) is 9.97 Å². The smallest absolute Gasteiger partial charge is 0.257 e. The van der Waals surface area contributed by atoms with Gasteiger partial charge in [-0.2, -0.15) is 0 Å². The van der Waals surface area contributed by atoms with Crippen molar-refractivity contribution in [2.75, 3.05) is 26.2 Å². The van der Waals surface area contributed by atoms with E-state index in [1.165, 1.54) is 6.33 Å². The van der Waals surface area contributed by atoms with Crippen LogP contribution in [0, 0.1) is 13.8 Å². The van der Waals surface area contributed by atoms with E-state index in [1.807, 2.05) is 31.2 Å². The molecule has 2 amide bonds. The van der Waals surface area contributed by atoms with Gasteiger partial charge in [0.25, 0.3) is 11.8 Å². The van der Waals surface area contributed by atoms with Crippen molar-refractivity contribution in [3.05, 3.63) is 59.2 Å². The number of piperazine rings is 1. The molecule has 24 heavy (non-hydrogen) atoms. The average molecular weight is 324 g/mol. The Kier molecular flexibility index (Phi) is 4.55. The first-order chi connectivity index (χ1) is 11.6. The predicted molar refractivity (Wildman–Crippen MR) is 89.8 cm³/mol. The summed E-state index contributed by atoms with van der Waals surface area (Å²) < 4.78 is 0. The Morgan fingerprint density at radius 2 is 1.50 bits per heavy atom. The Morgan fingerprint density at radius 1 is 0.917 bits per heavy atom. The summed E-state index contributed by atoms with van der Waals surface area (Å²) in [5.74, 6) is -0.0585. The quantitative estimate of drug-likeness (QED) is 0.843. The predicted octanol–water partition coefficient (Wildman–Crippen LogP) is 1.69. The highest BCUT2D eigenvalue weighted by Gasteiger charge is 2.26. The van der Waals surface area contributed by atoms with Crippen molar-refractivity contribution in [2.24, 2.45) is 0 Å². The van der Waals surface area contributed by atoms with Crippen molar-refractivity contribution in [2.45, 2.75) is 13.8 Å². The number of amides is 2. The fraction of sp³-hybridized carbons (Fsp3) is 0.333. The molecule has 0 N–H and O–H groups in total. The third-order valence-electron chi connectivity index (χ3n) is 4.29. The number of hydrogen-bond donors (Lipinski definition) is 0. The van der Waals surface area contributed by atoms with Gasteiger partial charge >= 0.3 is 0 Å². The number of carbonyl (C=O) groups excluding carboxylic acids is 2. The van der Waals surface area contributed by atoms with Gasteiger partial charge in [-0.15, -0.1) is 0 Å². The van der Waals surface area contributed by atoms with E-state index in [9.17, 15) is 9.59 Å². The van der Waals surface area contributed by atoms with Gasteiger partial charge in [0.15, 0.2) is 0 Å². The molecule has 1 aliphatic rings. The van der Waals surface area contributed by atoms with Gasteiger partial charge in [0.2, 0.25) is 0 Å². The first-order valence-electron chi connectivity index (χ1n) is 7.98. The zero-order valence-corrected chi connectivity index (χ0v) is 13.9. The maximum absolute atomic E-state index is 12.5. The summed E-state index contributed by atoms with van der Waals surface area (Å²) in [7, 11) is 0. The lowest BCUT2D eigenvalue weighted by atomic mass is 10.1. The van der Waals surface area contributed by atoms with E-state index < -0.39 is 0 Å². The zero-order valence-electron chi connectivity index (χ0n) is 13.9. The summed E-state index contributed by atoms with van der Waals surface area (Å²) in [6.07, 6.45) is 2.98. The number of rotatable bonds is 2. The fourth-order valence-electron chi connectivity index (χ4n) is 2.76. The van der Waals surface area contributed by atoms with Gasteiger partial charge in [0.05, 0.1) is 11.3 Å². The molecule has 0 unspecified atom stereocenters. The molecule has 1 saturated heterocycles. The Labute approximate surface area is 141 Å². The van der Waals surface area contributed by atoms with Crippen LogP contribution in [0.15, 0.2) is 36.8 Å². The molecular weight excluding hydrogens is 304 g/mol. The third kappa shape index (κ3) is 3.27. The second-order valence-electron chi connectivity index (χ2n) is 5.97. The van der Waals surface area contributed by atoms with Crippen LogP contribution in [-0.4, -0.2) is 57.8 Å². The molecule has 0 spiro atoms. The Bertz CT molecular complexity index is 750. The second kappa shape index (κ2) is 6.78. The van der Waals surface area contributed by atoms with Crippen molar-refractivity contribution in [1.82, 2.24) is 19.8 Å². The van der Waals surface area contributed by atoms with Crippen LogP contribution < -0.4 is 0 Å². The summed E-state index contributed by atoms with van der Waals surface area (Å²) >= 11 is 0. The second-order valence-corrected chi connectivity index (χ2v) is 5.97. The van der Waals surface area contributed by atoms with Crippen LogP contribution >= 0.6 is 0 Å². The fourth-order valence-corrected chi connectivity index (χ4v) is 2.76. The number of nitrogens with zero attached hydrogens (tertiary/aromatic N) is 4. The molecule has 1 aromatic carbocycles. The molecule has 6 nitrogen and oxygen atoms in total. The molecule has 0 bridgehead atoms. The third-order valence-corrected chi connectivity index (χ3v) is 4.29. The van der Waals surface area contributed by atoms with E-state index in [-0.39, 0.29) is 11.8 Å². The highest BCUT2D eigenvalue weighted by atomic mass is 16.2. The number of hydrogen-bond acceptors (Lipinski definition) is 4. The van der Waals surface area contributed by atoms with Crippen molar-refractivity contribution < 1.29 is 9.59 Å². The Hall–Kier alpha value is -2.76. The SMILES string of the molecule is Cc1ccc(C(=O)N2CCN(C(=O)c3cncnc3C)CC2)cc1. The van der Waals surface area contributed by atoms with E-state index in [0.717, 1.165) is 5.56 Å². The molecular formula is C18H20N4O2. The average Bonchev–Trinajstić information content (AvgIpc) is 2.62. The van der Waals surface area contributed by atoms with E-state index in [0.29, 0.717) is 43.0 Å². The number of aromatic nitrogens is 2. The largest absolute Gasteiger partial charge is 0.335 e. The van der Waals surface area contributed by atoms with E-state index in [4.69, 9.17) is 0 Å². The van der Waals surface area contributed by atoms with Gasteiger partial charge < -0.3 is 9.80 Å². The first kappa shape index (κ1) is 16.1. The lowest BCUT2D eigenvalue weighted by Gasteiger charge is -2.35. The van der Waals surface area contributed by atoms with E-state index in [1.54, 1.807) is 22.9 Å². The lowest BCUT2D eigenvalue weighted by Crippen LogP contribution is -2.50. The summed E-state index contributed by atoms with van der Waals surface area (Å²) in [6.45, 7) is 5.89. The van der Waals surface area contributed by atoms with Crippen LogP contribution in [0.25, 0.3) is 0 Å². The summed E-state index contributed by atoms with van der Waals surface area (Å²) in [6, 6.07) is 7.57. The highest BCUT2D eigenvalue weighted by Crippen LogP contribution is 2.13. The zero-order chi connectivity index (χ0) is 17.1. The normalized spacial score (nSPS) is 14.6. The molecule has 2 aromatic rings. The van der Waals surface area contributed by atoms with Crippen LogP contribution in [0.4, 0.5) is 0 Å². The molecule has 0 atom stereocenters. The molecule has 0 saturated carbocycles. The molecule has 2 heterocycles. The minimum absolute atomic E-state index is 0.0151. The maximum Gasteiger partial charge on any atom is 0.257 e. The summed E-state index contributed by atoms with van der Waals surface area (Å²) in [5, 5.41) is 0. The standard InChI is InChI=1S/C18H20N4O2/c1-13-3-5-15(6-4-13)17(23)21-7-9-22(10-8-21)18(24)16-11-19-12-20-14(16)2/h3-6,11-12H,7-10H2,1-2H3. The molecule has 0 radical (unpaired) electrons. The van der Waals surface area contributed by atoms with Crippen LogP contribution in [-0.2, 0) is 0 Å². The van der Waals surface area contributed by atoms with Crippen LogP contribution in [0.5, 0.6) is 0 Å². The van der Waals surface area contributed by atoms with Crippen LogP contribution in [0.1, 0.15) is 32.0 Å². The minimum Gasteiger partial charge on any atom is -0.335 e. The molecule has 1 fully saturated rings. The lowest BCUT2D eigenvalue weighted by molar-refractivity contribution is 0.0534. The van der Waals surface area contributed by atoms with Gasteiger partial charge in [-0.3, -0.25) is 9.59 Å². The molecule has 3 rings (SSSR count). The van der Waals surface area contributed by atoms with Gasteiger partial charge in [-0.1, -0.05) is 17.7 Å². The van der Waals surface area contributed by atoms with Crippen molar-refractivity contribution >= 4 is 11.8 Å². The minimum atomic E-state index is -0.0736. The molecule has 6 heteroatoms. The number of aryl methyl sites for hydroxylation is 2. The van der Waals surface area contributed by atoms with Gasteiger partial charge in [-0.05, 0) is 26.0 Å². The van der Waals surface area contributed by atoms with Crippen molar-refractivity contribution in [1.29, 1.82) is 0 Å².